The van der Waals surface area contributed by atoms with E-state index < -0.39 is 0 Å². The topological polar surface area (TPSA) is 24.5 Å². The van der Waals surface area contributed by atoms with Gasteiger partial charge in [0.2, 0.25) is 0 Å². The molecule has 0 atom stereocenters. The zero-order chi connectivity index (χ0) is 11.6. The summed E-state index contributed by atoms with van der Waals surface area (Å²) < 4.78 is 5.40. The third-order valence-electron chi connectivity index (χ3n) is 2.80. The largest absolute Gasteiger partial charge is 0.376 e. The van der Waals surface area contributed by atoms with Crippen LogP contribution in [0.3, 0.4) is 0 Å². The van der Waals surface area contributed by atoms with Gasteiger partial charge in [-0.1, -0.05) is 12.2 Å². The fraction of sp³-hybridized carbons (Fsp3) is 0.846. The first-order valence-corrected chi connectivity index (χ1v) is 6.44. The van der Waals surface area contributed by atoms with Gasteiger partial charge in [0.1, 0.15) is 0 Å². The molecule has 0 spiro atoms. The van der Waals surface area contributed by atoms with Crippen LogP contribution in [0.4, 0.5) is 0 Å². The summed E-state index contributed by atoms with van der Waals surface area (Å²) in [4.78, 5) is 2.55. The number of ether oxygens (including phenoxy) is 1. The van der Waals surface area contributed by atoms with Crippen molar-refractivity contribution in [1.29, 1.82) is 0 Å². The van der Waals surface area contributed by atoms with Gasteiger partial charge in [0.15, 0.2) is 0 Å². The van der Waals surface area contributed by atoms with Crippen LogP contribution in [0.1, 0.15) is 26.2 Å². The second-order valence-electron chi connectivity index (χ2n) is 4.66. The van der Waals surface area contributed by atoms with Crippen molar-refractivity contribution in [3.63, 3.8) is 0 Å². The first-order chi connectivity index (χ1) is 7.79. The average Bonchev–Trinajstić information content (AvgIpc) is 2.74. The van der Waals surface area contributed by atoms with Crippen LogP contribution in [-0.4, -0.2) is 50.8 Å². The third-order valence-corrected chi connectivity index (χ3v) is 2.80. The highest BCUT2D eigenvalue weighted by molar-refractivity contribution is 4.87. The molecule has 1 aliphatic heterocycles. The molecule has 0 saturated carbocycles. The van der Waals surface area contributed by atoms with Crippen LogP contribution in [0.5, 0.6) is 0 Å². The first kappa shape index (κ1) is 13.7. The van der Waals surface area contributed by atoms with E-state index in [4.69, 9.17) is 4.74 Å². The molecule has 0 aromatic carbocycles. The predicted octanol–water partition coefficient (Wildman–Crippen LogP) is 1.65. The Morgan fingerprint density at radius 2 is 2.06 bits per heavy atom. The molecule has 3 nitrogen and oxygen atoms in total. The molecule has 0 aliphatic carbocycles. The SMILES string of the molecule is C=C(C)COCCNCCCN1CCCC1. The van der Waals surface area contributed by atoms with E-state index in [1.165, 1.54) is 38.9 Å². The fourth-order valence-corrected chi connectivity index (χ4v) is 1.95. The second kappa shape index (κ2) is 8.74. The zero-order valence-electron chi connectivity index (χ0n) is 10.6. The molecule has 0 bridgehead atoms. The van der Waals surface area contributed by atoms with Gasteiger partial charge >= 0.3 is 0 Å². The van der Waals surface area contributed by atoms with Crippen LogP contribution in [-0.2, 0) is 4.74 Å². The maximum Gasteiger partial charge on any atom is 0.0672 e. The molecular formula is C13H26N2O. The molecular weight excluding hydrogens is 200 g/mol. The lowest BCUT2D eigenvalue weighted by molar-refractivity contribution is 0.157. The Bertz CT molecular complexity index is 188. The quantitative estimate of drug-likeness (QED) is 0.478. The summed E-state index contributed by atoms with van der Waals surface area (Å²) in [5.74, 6) is 0. The molecule has 1 saturated heterocycles. The molecule has 1 aliphatic rings. The Morgan fingerprint density at radius 1 is 1.31 bits per heavy atom. The molecule has 16 heavy (non-hydrogen) atoms. The Kier molecular flexibility index (Phi) is 7.47. The van der Waals surface area contributed by atoms with E-state index >= 15 is 0 Å². The number of rotatable bonds is 9. The monoisotopic (exact) mass is 226 g/mol. The van der Waals surface area contributed by atoms with Crippen LogP contribution < -0.4 is 5.32 Å². The maximum absolute atomic E-state index is 5.40. The minimum absolute atomic E-state index is 0.690. The lowest BCUT2D eigenvalue weighted by Crippen LogP contribution is -2.26. The van der Waals surface area contributed by atoms with Gasteiger partial charge in [-0.15, -0.1) is 0 Å². The van der Waals surface area contributed by atoms with Crippen molar-refractivity contribution in [3.8, 4) is 0 Å². The van der Waals surface area contributed by atoms with Crippen LogP contribution in [0.15, 0.2) is 12.2 Å². The van der Waals surface area contributed by atoms with E-state index in [1.54, 1.807) is 0 Å². The number of hydrogen-bond acceptors (Lipinski definition) is 3. The van der Waals surface area contributed by atoms with E-state index in [0.717, 1.165) is 25.3 Å². The van der Waals surface area contributed by atoms with Crippen molar-refractivity contribution in [2.24, 2.45) is 0 Å². The molecule has 1 rings (SSSR count). The summed E-state index contributed by atoms with van der Waals surface area (Å²) in [5, 5.41) is 3.40. The molecule has 0 radical (unpaired) electrons. The second-order valence-corrected chi connectivity index (χ2v) is 4.66. The summed E-state index contributed by atoms with van der Waals surface area (Å²) in [6.07, 6.45) is 4.03. The lowest BCUT2D eigenvalue weighted by Gasteiger charge is -2.14. The van der Waals surface area contributed by atoms with Gasteiger partial charge < -0.3 is 15.0 Å². The lowest BCUT2D eigenvalue weighted by atomic mass is 10.4. The van der Waals surface area contributed by atoms with Gasteiger partial charge in [-0.25, -0.2) is 0 Å². The molecule has 0 amide bonds. The smallest absolute Gasteiger partial charge is 0.0672 e. The average molecular weight is 226 g/mol. The zero-order valence-corrected chi connectivity index (χ0v) is 10.6. The summed E-state index contributed by atoms with van der Waals surface area (Å²) in [6, 6.07) is 0. The number of hydrogen-bond donors (Lipinski definition) is 1. The molecule has 0 unspecified atom stereocenters. The van der Waals surface area contributed by atoms with Crippen molar-refractivity contribution in [2.75, 3.05) is 45.9 Å². The van der Waals surface area contributed by atoms with Gasteiger partial charge in [-0.3, -0.25) is 0 Å². The summed E-state index contributed by atoms with van der Waals surface area (Å²) in [6.45, 7) is 13.2. The van der Waals surface area contributed by atoms with Gasteiger partial charge in [0, 0.05) is 6.54 Å². The van der Waals surface area contributed by atoms with Crippen molar-refractivity contribution in [1.82, 2.24) is 10.2 Å². The summed E-state index contributed by atoms with van der Waals surface area (Å²) in [7, 11) is 0. The van der Waals surface area contributed by atoms with E-state index in [1.807, 2.05) is 6.92 Å². The number of nitrogens with one attached hydrogen (secondary N) is 1. The van der Waals surface area contributed by atoms with Gasteiger partial charge in [-0.05, 0) is 52.4 Å². The summed E-state index contributed by atoms with van der Waals surface area (Å²) in [5.41, 5.74) is 1.09. The molecule has 94 valence electrons. The molecule has 1 N–H and O–H groups in total. The van der Waals surface area contributed by atoms with E-state index in [9.17, 15) is 0 Å². The highest BCUT2D eigenvalue weighted by atomic mass is 16.5. The minimum Gasteiger partial charge on any atom is -0.376 e. The normalized spacial score (nSPS) is 16.8. The molecule has 1 fully saturated rings. The highest BCUT2D eigenvalue weighted by Crippen LogP contribution is 2.06. The Labute approximate surface area is 99.8 Å². The predicted molar refractivity (Wildman–Crippen MR) is 68.8 cm³/mol. The third kappa shape index (κ3) is 6.99. The molecule has 3 heteroatoms. The summed E-state index contributed by atoms with van der Waals surface area (Å²) >= 11 is 0. The van der Waals surface area contributed by atoms with Gasteiger partial charge in [0.05, 0.1) is 13.2 Å². The standard InChI is InChI=1S/C13H26N2O/c1-13(2)12-16-11-7-14-6-5-10-15-8-3-4-9-15/h14H,1,3-12H2,2H3. The minimum atomic E-state index is 0.690. The van der Waals surface area contributed by atoms with Gasteiger partial charge in [0.25, 0.3) is 0 Å². The highest BCUT2D eigenvalue weighted by Gasteiger charge is 2.09. The van der Waals surface area contributed by atoms with Gasteiger partial charge in [-0.2, -0.15) is 0 Å². The van der Waals surface area contributed by atoms with Crippen LogP contribution in [0.2, 0.25) is 0 Å². The van der Waals surface area contributed by atoms with Crippen molar-refractivity contribution in [3.05, 3.63) is 12.2 Å². The first-order valence-electron chi connectivity index (χ1n) is 6.44. The number of nitrogens with zero attached hydrogens (tertiary/aromatic N) is 1. The van der Waals surface area contributed by atoms with Crippen molar-refractivity contribution >= 4 is 0 Å². The Morgan fingerprint density at radius 3 is 2.75 bits per heavy atom. The van der Waals surface area contributed by atoms with E-state index in [-0.39, 0.29) is 0 Å². The van der Waals surface area contributed by atoms with Crippen LogP contribution in [0.25, 0.3) is 0 Å². The Balaban J connectivity index is 1.76. The maximum atomic E-state index is 5.40. The number of likely N-dealkylation sites (tertiary alicyclic amines) is 1. The van der Waals surface area contributed by atoms with Crippen LogP contribution >= 0.6 is 0 Å². The van der Waals surface area contributed by atoms with E-state index in [0.29, 0.717) is 6.61 Å². The molecule has 0 aromatic rings. The molecule has 0 aromatic heterocycles. The van der Waals surface area contributed by atoms with Crippen molar-refractivity contribution in [2.45, 2.75) is 26.2 Å². The van der Waals surface area contributed by atoms with E-state index in [2.05, 4.69) is 16.8 Å². The molecule has 1 heterocycles. The Hall–Kier alpha value is -0.380. The van der Waals surface area contributed by atoms with Crippen molar-refractivity contribution < 1.29 is 4.74 Å². The fourth-order valence-electron chi connectivity index (χ4n) is 1.95. The van der Waals surface area contributed by atoms with Crippen LogP contribution in [0, 0.1) is 0 Å².